The molecule has 2 aliphatic rings. The van der Waals surface area contributed by atoms with Crippen molar-refractivity contribution in [3.8, 4) is 5.75 Å². The van der Waals surface area contributed by atoms with Gasteiger partial charge in [0.1, 0.15) is 17.7 Å². The zero-order chi connectivity index (χ0) is 25.4. The number of aromatic nitrogens is 2. The molecule has 5 atom stereocenters. The lowest BCUT2D eigenvalue weighted by Crippen LogP contribution is -2.42. The molecule has 0 bridgehead atoms. The summed E-state index contributed by atoms with van der Waals surface area (Å²) in [6.45, 7) is -0.400. The van der Waals surface area contributed by atoms with Gasteiger partial charge in [-0.05, 0) is 24.6 Å². The number of ether oxygens (including phenoxy) is 1. The van der Waals surface area contributed by atoms with Gasteiger partial charge in [-0.3, -0.25) is 13.9 Å². The molecule has 3 unspecified atom stereocenters. The summed E-state index contributed by atoms with van der Waals surface area (Å²) in [7, 11) is -2.74. The number of aliphatic hydroxyl groups excluding tert-OH is 1. The van der Waals surface area contributed by atoms with Crippen molar-refractivity contribution in [1.29, 1.82) is 0 Å². The number of likely N-dealkylation sites (N-methyl/N-ethyl adjacent to an activating group) is 1. The molecule has 4 rings (SSSR count). The second-order valence-electron chi connectivity index (χ2n) is 8.12. The average Bonchev–Trinajstić information content (AvgIpc) is 3.23. The van der Waals surface area contributed by atoms with Gasteiger partial charge >= 0.3 is 19.4 Å². The zero-order valence-corrected chi connectivity index (χ0v) is 19.4. The summed E-state index contributed by atoms with van der Waals surface area (Å²) in [6, 6.07) is 8.14. The highest BCUT2D eigenvalue weighted by Crippen LogP contribution is 2.48. The number of benzene rings is 1. The summed E-state index contributed by atoms with van der Waals surface area (Å²) in [6.07, 6.45) is -5.04. The van der Waals surface area contributed by atoms with Crippen LogP contribution in [0.1, 0.15) is 12.6 Å². The minimum absolute atomic E-state index is 0.137. The van der Waals surface area contributed by atoms with E-state index in [1.807, 2.05) is 0 Å². The van der Waals surface area contributed by atoms with Gasteiger partial charge in [-0.25, -0.2) is 9.36 Å². The molecule has 0 spiro atoms. The summed E-state index contributed by atoms with van der Waals surface area (Å²) >= 11 is 0. The van der Waals surface area contributed by atoms with Crippen molar-refractivity contribution in [1.82, 2.24) is 19.5 Å². The maximum absolute atomic E-state index is 14.8. The lowest BCUT2D eigenvalue weighted by molar-refractivity contribution is -0.140. The summed E-state index contributed by atoms with van der Waals surface area (Å²) < 4.78 is 59.7. The molecule has 1 amide bonds. The van der Waals surface area contributed by atoms with E-state index in [2.05, 4.69) is 10.1 Å². The number of carbonyl (C=O) groups is 1. The molecule has 1 aromatic heterocycles. The number of likely N-dealkylation sites (tertiary alicyclic amines) is 1. The number of nitrogens with zero attached hydrogens (tertiary/aromatic N) is 3. The Labute approximate surface area is 198 Å². The maximum Gasteiger partial charge on any atom is 0.459 e. The molecule has 0 aliphatic carbocycles. The number of hydrogen-bond acceptors (Lipinski definition) is 9. The third-order valence-corrected chi connectivity index (χ3v) is 7.17. The van der Waals surface area contributed by atoms with Crippen molar-refractivity contribution in [2.45, 2.75) is 36.8 Å². The van der Waals surface area contributed by atoms with E-state index in [9.17, 15) is 28.0 Å². The number of para-hydroxylation sites is 1. The minimum Gasteiger partial charge on any atom is -0.413 e. The zero-order valence-electron chi connectivity index (χ0n) is 18.5. The van der Waals surface area contributed by atoms with Gasteiger partial charge in [-0.15, -0.1) is 0 Å². The van der Waals surface area contributed by atoms with Crippen LogP contribution >= 0.6 is 7.75 Å². The topological polar surface area (TPSA) is 158 Å². The van der Waals surface area contributed by atoms with E-state index in [4.69, 9.17) is 19.5 Å². The van der Waals surface area contributed by atoms with E-state index >= 15 is 0 Å². The van der Waals surface area contributed by atoms with Gasteiger partial charge in [0.15, 0.2) is 6.10 Å². The Morgan fingerprint density at radius 2 is 2.03 bits per heavy atom. The number of amides is 1. The smallest absolute Gasteiger partial charge is 0.413 e. The normalized spacial score (nSPS) is 27.7. The molecule has 15 heteroatoms. The van der Waals surface area contributed by atoms with E-state index in [1.54, 1.807) is 25.2 Å². The molecule has 0 saturated carbocycles. The van der Waals surface area contributed by atoms with Crippen molar-refractivity contribution >= 4 is 19.5 Å². The molecule has 3 heterocycles. The highest BCUT2D eigenvalue weighted by atomic mass is 31.2. The Bertz CT molecular complexity index is 1180. The van der Waals surface area contributed by atoms with Crippen molar-refractivity contribution in [2.24, 2.45) is 0 Å². The van der Waals surface area contributed by atoms with Crippen molar-refractivity contribution in [3.05, 3.63) is 53.1 Å². The number of nitrogen functional groups attached to an aromatic ring is 1. The van der Waals surface area contributed by atoms with E-state index in [-0.39, 0.29) is 17.5 Å². The third kappa shape index (κ3) is 5.21. The van der Waals surface area contributed by atoms with Crippen LogP contribution in [0.4, 0.5) is 14.6 Å². The fourth-order valence-electron chi connectivity index (χ4n) is 3.73. The van der Waals surface area contributed by atoms with Gasteiger partial charge in [-0.1, -0.05) is 18.2 Å². The largest absolute Gasteiger partial charge is 0.459 e. The van der Waals surface area contributed by atoms with Crippen molar-refractivity contribution in [2.75, 3.05) is 25.9 Å². The van der Waals surface area contributed by atoms with Crippen molar-refractivity contribution < 1.29 is 37.0 Å². The van der Waals surface area contributed by atoms with Crippen LogP contribution in [0.3, 0.4) is 0 Å². The number of aliphatic hydroxyl groups is 1. The van der Waals surface area contributed by atoms with E-state index in [1.165, 1.54) is 17.0 Å². The average molecular weight is 515 g/mol. The Kier molecular flexibility index (Phi) is 6.93. The molecule has 4 N–H and O–H groups in total. The fraction of sp³-hybridized carbons (Fsp3) is 0.450. The number of nitrogens with one attached hydrogen (secondary N) is 1. The molecule has 2 saturated heterocycles. The predicted molar refractivity (Wildman–Crippen MR) is 118 cm³/mol. The Hall–Kier alpha value is -2.90. The quantitative estimate of drug-likeness (QED) is 0.428. The lowest BCUT2D eigenvalue weighted by Gasteiger charge is -2.24. The Balaban J connectivity index is 1.53. The molecule has 2 aromatic rings. The van der Waals surface area contributed by atoms with Gasteiger partial charge in [0.05, 0.1) is 12.6 Å². The van der Waals surface area contributed by atoms with Crippen LogP contribution in [0.15, 0.2) is 47.4 Å². The molecule has 1 aromatic carbocycles. The van der Waals surface area contributed by atoms with Crippen LogP contribution in [0, 0.1) is 0 Å². The van der Waals surface area contributed by atoms with Crippen LogP contribution in [-0.2, 0) is 18.6 Å². The third-order valence-electron chi connectivity index (χ3n) is 5.60. The van der Waals surface area contributed by atoms with Gasteiger partial charge in [0.25, 0.3) is 0 Å². The summed E-state index contributed by atoms with van der Waals surface area (Å²) in [4.78, 5) is 29.2. The second-order valence-corrected chi connectivity index (χ2v) is 9.81. The van der Waals surface area contributed by atoms with E-state index in [0.29, 0.717) is 17.5 Å². The van der Waals surface area contributed by atoms with Crippen LogP contribution in [0.5, 0.6) is 5.75 Å². The number of carbonyl (C=O) groups excluding carboxylic acids is 1. The lowest BCUT2D eigenvalue weighted by atomic mass is 10.1. The van der Waals surface area contributed by atoms with Gasteiger partial charge < -0.3 is 25.0 Å². The summed E-state index contributed by atoms with van der Waals surface area (Å²) in [5, 5.41) is 12.8. The number of halogens is 2. The first-order chi connectivity index (χ1) is 16.5. The van der Waals surface area contributed by atoms with Crippen LogP contribution in [0.25, 0.3) is 0 Å². The Morgan fingerprint density at radius 1 is 1.31 bits per heavy atom. The number of nitrogens with two attached hydrogens (primary N) is 1. The first-order valence-corrected chi connectivity index (χ1v) is 12.1. The first kappa shape index (κ1) is 25.2. The molecule has 12 nitrogen and oxygen atoms in total. The molecular formula is C20H24F2N5O7P. The summed E-state index contributed by atoms with van der Waals surface area (Å²) in [5.74, 6) is -4.30. The molecular weight excluding hydrogens is 491 g/mol. The van der Waals surface area contributed by atoms with Crippen LogP contribution in [-0.4, -0.2) is 69.8 Å². The SMILES string of the molecule is CN1CCC(N[P@@](=O)(OCC2OC(n3ccc(N)nc3=O)C(F)(F)[C@@H]2O)Oc2ccccc2)C1=O. The fourth-order valence-corrected chi connectivity index (χ4v) is 5.27. The standard InChI is InChI=1S/C20H24F2N5O7P/c1-26-9-7-13(17(26)29)25-35(31,34-12-5-3-2-4-6-12)32-11-14-16(28)20(21,22)18(33-14)27-10-8-15(23)24-19(27)30/h2-6,8,10,13-14,16,18,28H,7,9,11H2,1H3,(H,25,31)(H2,23,24,30)/t13?,14?,16-,18?,35-/m1/s1. The summed E-state index contributed by atoms with van der Waals surface area (Å²) in [5.41, 5.74) is 4.29. The van der Waals surface area contributed by atoms with Crippen LogP contribution in [0.2, 0.25) is 0 Å². The van der Waals surface area contributed by atoms with E-state index < -0.39 is 50.4 Å². The maximum atomic E-state index is 14.8. The predicted octanol–water partition coefficient (Wildman–Crippen LogP) is 0.743. The second kappa shape index (κ2) is 9.63. The highest BCUT2D eigenvalue weighted by molar-refractivity contribution is 7.52. The molecule has 0 radical (unpaired) electrons. The van der Waals surface area contributed by atoms with Crippen LogP contribution < -0.4 is 21.0 Å². The molecule has 2 fully saturated rings. The van der Waals surface area contributed by atoms with Crippen molar-refractivity contribution in [3.63, 3.8) is 0 Å². The monoisotopic (exact) mass is 515 g/mol. The molecule has 2 aliphatic heterocycles. The molecule has 190 valence electrons. The molecule has 35 heavy (non-hydrogen) atoms. The minimum atomic E-state index is -4.31. The van der Waals surface area contributed by atoms with Gasteiger partial charge in [0, 0.05) is 19.8 Å². The van der Waals surface area contributed by atoms with E-state index in [0.717, 1.165) is 12.3 Å². The number of anilines is 1. The van der Waals surface area contributed by atoms with Gasteiger partial charge in [0.2, 0.25) is 12.1 Å². The number of alkyl halides is 2. The van der Waals surface area contributed by atoms with Gasteiger partial charge in [-0.2, -0.15) is 18.9 Å². The number of rotatable bonds is 8. The number of hydrogen-bond donors (Lipinski definition) is 3. The first-order valence-electron chi connectivity index (χ1n) is 10.6. The highest BCUT2D eigenvalue weighted by Gasteiger charge is 2.60. The Morgan fingerprint density at radius 3 is 2.66 bits per heavy atom.